The van der Waals surface area contributed by atoms with Crippen LogP contribution >= 0.6 is 11.8 Å². The number of para-hydroxylation sites is 1. The molecule has 4 nitrogen and oxygen atoms in total. The van der Waals surface area contributed by atoms with Crippen LogP contribution in [0.1, 0.15) is 22.8 Å². The lowest BCUT2D eigenvalue weighted by atomic mass is 10.1. The number of primary amides is 1. The molecule has 1 unspecified atom stereocenters. The van der Waals surface area contributed by atoms with Crippen LogP contribution in [0.4, 0.5) is 5.69 Å². The van der Waals surface area contributed by atoms with E-state index in [9.17, 15) is 9.59 Å². The van der Waals surface area contributed by atoms with E-state index in [4.69, 9.17) is 5.73 Å². The van der Waals surface area contributed by atoms with Crippen LogP contribution in [0, 0.1) is 0 Å². The monoisotopic (exact) mass is 314 g/mol. The molecule has 0 bridgehead atoms. The molecule has 5 heteroatoms. The van der Waals surface area contributed by atoms with E-state index in [1.807, 2.05) is 37.3 Å². The summed E-state index contributed by atoms with van der Waals surface area (Å²) in [6.07, 6.45) is 0. The minimum absolute atomic E-state index is 0.144. The van der Waals surface area contributed by atoms with E-state index in [1.54, 1.807) is 36.0 Å². The number of rotatable bonds is 6. The summed E-state index contributed by atoms with van der Waals surface area (Å²) in [5.41, 5.74) is 7.24. The van der Waals surface area contributed by atoms with Gasteiger partial charge in [0.25, 0.3) is 5.91 Å². The van der Waals surface area contributed by atoms with Crippen LogP contribution in [0.25, 0.3) is 0 Å². The summed E-state index contributed by atoms with van der Waals surface area (Å²) >= 11 is 1.54. The summed E-state index contributed by atoms with van der Waals surface area (Å²) in [7, 11) is 0. The average molecular weight is 314 g/mol. The molecule has 0 heterocycles. The molecule has 0 aliphatic heterocycles. The van der Waals surface area contributed by atoms with Crippen molar-refractivity contribution in [2.24, 2.45) is 5.73 Å². The van der Waals surface area contributed by atoms with Gasteiger partial charge in [-0.2, -0.15) is 0 Å². The van der Waals surface area contributed by atoms with Crippen molar-refractivity contribution in [3.05, 3.63) is 65.7 Å². The van der Waals surface area contributed by atoms with E-state index in [2.05, 4.69) is 5.32 Å². The van der Waals surface area contributed by atoms with E-state index < -0.39 is 5.91 Å². The lowest BCUT2D eigenvalue weighted by molar-refractivity contribution is -0.115. The van der Waals surface area contributed by atoms with Crippen LogP contribution in [0.5, 0.6) is 0 Å². The maximum Gasteiger partial charge on any atom is 0.250 e. The van der Waals surface area contributed by atoms with Gasteiger partial charge in [0, 0.05) is 5.75 Å². The van der Waals surface area contributed by atoms with E-state index >= 15 is 0 Å². The third kappa shape index (κ3) is 4.36. The molecule has 0 radical (unpaired) electrons. The van der Waals surface area contributed by atoms with Crippen LogP contribution in [0.15, 0.2) is 54.6 Å². The molecule has 3 N–H and O–H groups in total. The normalized spacial score (nSPS) is 11.7. The Balaban J connectivity index is 1.96. The number of anilines is 1. The molecule has 0 aromatic heterocycles. The topological polar surface area (TPSA) is 72.2 Å². The third-order valence-corrected chi connectivity index (χ3v) is 4.38. The highest BCUT2D eigenvalue weighted by Gasteiger charge is 2.16. The van der Waals surface area contributed by atoms with Crippen molar-refractivity contribution in [1.82, 2.24) is 0 Å². The Morgan fingerprint density at radius 2 is 1.73 bits per heavy atom. The van der Waals surface area contributed by atoms with E-state index in [0.717, 1.165) is 5.75 Å². The summed E-state index contributed by atoms with van der Waals surface area (Å²) in [4.78, 5) is 23.6. The quantitative estimate of drug-likeness (QED) is 0.861. The maximum atomic E-state index is 12.2. The predicted molar refractivity (Wildman–Crippen MR) is 90.8 cm³/mol. The Kier molecular flexibility index (Phi) is 5.61. The summed E-state index contributed by atoms with van der Waals surface area (Å²) < 4.78 is 0. The molecule has 2 aromatic carbocycles. The highest BCUT2D eigenvalue weighted by molar-refractivity contribution is 7.99. The van der Waals surface area contributed by atoms with Crippen molar-refractivity contribution in [3.8, 4) is 0 Å². The van der Waals surface area contributed by atoms with Crippen LogP contribution in [-0.4, -0.2) is 17.1 Å². The molecule has 0 saturated carbocycles. The maximum absolute atomic E-state index is 12.2. The minimum Gasteiger partial charge on any atom is -0.366 e. The lowest BCUT2D eigenvalue weighted by Crippen LogP contribution is -2.24. The number of carbonyl (C=O) groups is 2. The van der Waals surface area contributed by atoms with Gasteiger partial charge in [0.1, 0.15) is 0 Å². The molecule has 0 aliphatic rings. The van der Waals surface area contributed by atoms with Gasteiger partial charge in [-0.3, -0.25) is 9.59 Å². The molecule has 114 valence electrons. The Labute approximate surface area is 134 Å². The molecule has 0 aliphatic carbocycles. The number of nitrogens with one attached hydrogen (secondary N) is 1. The third-order valence-electron chi connectivity index (χ3n) is 3.16. The number of carbonyl (C=O) groups excluding carboxylic acids is 2. The number of benzene rings is 2. The molecule has 22 heavy (non-hydrogen) atoms. The fourth-order valence-corrected chi connectivity index (χ4v) is 2.76. The van der Waals surface area contributed by atoms with Crippen LogP contribution in [0.2, 0.25) is 0 Å². The molecule has 1 atom stereocenters. The first-order chi connectivity index (χ1) is 10.6. The molecular formula is C17H18N2O2S. The molecule has 0 saturated heterocycles. The predicted octanol–water partition coefficient (Wildman–Crippen LogP) is 3.05. The van der Waals surface area contributed by atoms with Gasteiger partial charge in [-0.15, -0.1) is 11.8 Å². The van der Waals surface area contributed by atoms with E-state index in [0.29, 0.717) is 11.3 Å². The van der Waals surface area contributed by atoms with Gasteiger partial charge < -0.3 is 11.1 Å². The number of hydrogen-bond acceptors (Lipinski definition) is 3. The van der Waals surface area contributed by atoms with Gasteiger partial charge in [0.05, 0.1) is 16.5 Å². The fourth-order valence-electron chi connectivity index (χ4n) is 1.91. The first-order valence-electron chi connectivity index (χ1n) is 6.93. The van der Waals surface area contributed by atoms with Gasteiger partial charge in [-0.1, -0.05) is 42.5 Å². The summed E-state index contributed by atoms with van der Waals surface area (Å²) in [5.74, 6) is 0.0579. The van der Waals surface area contributed by atoms with Crippen molar-refractivity contribution in [2.45, 2.75) is 17.9 Å². The minimum atomic E-state index is -0.555. The van der Waals surface area contributed by atoms with Gasteiger partial charge in [0.15, 0.2) is 0 Å². The number of hydrogen-bond donors (Lipinski definition) is 2. The van der Waals surface area contributed by atoms with Crippen LogP contribution in [-0.2, 0) is 10.5 Å². The second-order valence-electron chi connectivity index (χ2n) is 4.84. The second kappa shape index (κ2) is 7.66. The van der Waals surface area contributed by atoms with Crippen molar-refractivity contribution < 1.29 is 9.59 Å². The van der Waals surface area contributed by atoms with E-state index in [-0.39, 0.29) is 11.2 Å². The Morgan fingerprint density at radius 1 is 1.09 bits per heavy atom. The zero-order valence-corrected chi connectivity index (χ0v) is 13.1. The second-order valence-corrected chi connectivity index (χ2v) is 6.17. The Morgan fingerprint density at radius 3 is 2.41 bits per heavy atom. The van der Waals surface area contributed by atoms with E-state index in [1.165, 1.54) is 5.56 Å². The first-order valence-corrected chi connectivity index (χ1v) is 7.98. The zero-order valence-electron chi connectivity index (χ0n) is 12.3. The summed E-state index contributed by atoms with van der Waals surface area (Å²) in [6.45, 7) is 1.84. The molecule has 0 fully saturated rings. The molecule has 2 amide bonds. The van der Waals surface area contributed by atoms with Crippen molar-refractivity contribution in [1.29, 1.82) is 0 Å². The van der Waals surface area contributed by atoms with Gasteiger partial charge in [-0.05, 0) is 24.6 Å². The lowest BCUT2D eigenvalue weighted by Gasteiger charge is -2.13. The first kappa shape index (κ1) is 16.1. The Bertz CT molecular complexity index is 659. The molecule has 0 spiro atoms. The van der Waals surface area contributed by atoms with Gasteiger partial charge in [-0.25, -0.2) is 0 Å². The molecule has 2 aromatic rings. The number of thioether (sulfide) groups is 1. The molecule has 2 rings (SSSR count). The molecular weight excluding hydrogens is 296 g/mol. The van der Waals surface area contributed by atoms with Crippen LogP contribution in [0.3, 0.4) is 0 Å². The summed E-state index contributed by atoms with van der Waals surface area (Å²) in [6, 6.07) is 16.7. The summed E-state index contributed by atoms with van der Waals surface area (Å²) in [5, 5.41) is 2.53. The van der Waals surface area contributed by atoms with Gasteiger partial charge in [0.2, 0.25) is 5.91 Å². The van der Waals surface area contributed by atoms with Crippen molar-refractivity contribution in [3.63, 3.8) is 0 Å². The highest BCUT2D eigenvalue weighted by Crippen LogP contribution is 2.20. The van der Waals surface area contributed by atoms with Gasteiger partial charge >= 0.3 is 0 Å². The largest absolute Gasteiger partial charge is 0.366 e. The smallest absolute Gasteiger partial charge is 0.250 e. The Hall–Kier alpha value is -2.27. The fraction of sp³-hybridized carbons (Fsp3) is 0.176. The zero-order chi connectivity index (χ0) is 15.9. The van der Waals surface area contributed by atoms with Crippen LogP contribution < -0.4 is 11.1 Å². The van der Waals surface area contributed by atoms with Crippen molar-refractivity contribution in [2.75, 3.05) is 5.32 Å². The van der Waals surface area contributed by atoms with Crippen molar-refractivity contribution >= 4 is 29.3 Å². The number of nitrogens with two attached hydrogens (primary N) is 1. The standard InChI is InChI=1S/C17H18N2O2S/c1-12(22-11-13-7-3-2-4-8-13)17(21)19-15-10-6-5-9-14(15)16(18)20/h2-10,12H,11H2,1H3,(H2,18,20)(H,19,21). The highest BCUT2D eigenvalue weighted by atomic mass is 32.2. The SMILES string of the molecule is CC(SCc1ccccc1)C(=O)Nc1ccccc1C(N)=O. The average Bonchev–Trinajstić information content (AvgIpc) is 2.53. The number of amides is 2.